The SMILES string of the molecule is CC(C)CCS(=O)(=O)CC(N)c1ccc(C(C)C)cc1. The molecule has 0 aliphatic rings. The summed E-state index contributed by atoms with van der Waals surface area (Å²) in [7, 11) is -3.08. The van der Waals surface area contributed by atoms with Crippen LogP contribution in [0.25, 0.3) is 0 Å². The van der Waals surface area contributed by atoms with Crippen LogP contribution in [0.5, 0.6) is 0 Å². The molecule has 0 spiro atoms. The summed E-state index contributed by atoms with van der Waals surface area (Å²) in [6, 6.07) is 7.50. The minimum Gasteiger partial charge on any atom is -0.323 e. The van der Waals surface area contributed by atoms with Gasteiger partial charge in [-0.1, -0.05) is 52.0 Å². The van der Waals surface area contributed by atoms with Gasteiger partial charge in [0, 0.05) is 6.04 Å². The normalized spacial score (nSPS) is 13.9. The van der Waals surface area contributed by atoms with E-state index < -0.39 is 15.9 Å². The molecule has 4 heteroatoms. The third-order valence-corrected chi connectivity index (χ3v) is 5.20. The molecule has 114 valence electrons. The van der Waals surface area contributed by atoms with Gasteiger partial charge in [-0.05, 0) is 29.4 Å². The van der Waals surface area contributed by atoms with Crippen molar-refractivity contribution in [1.82, 2.24) is 0 Å². The summed E-state index contributed by atoms with van der Waals surface area (Å²) in [6.07, 6.45) is 0.696. The molecule has 0 amide bonds. The van der Waals surface area contributed by atoms with Gasteiger partial charge in [0.1, 0.15) is 0 Å². The third-order valence-electron chi connectivity index (χ3n) is 3.47. The number of hydrogen-bond donors (Lipinski definition) is 1. The molecule has 3 nitrogen and oxygen atoms in total. The minimum absolute atomic E-state index is 0.0285. The fourth-order valence-corrected chi connectivity index (χ4v) is 3.73. The second-order valence-electron chi connectivity index (χ2n) is 6.22. The molecule has 0 aliphatic carbocycles. The van der Waals surface area contributed by atoms with Crippen molar-refractivity contribution in [3.63, 3.8) is 0 Å². The molecule has 0 aromatic heterocycles. The average Bonchev–Trinajstić information content (AvgIpc) is 2.36. The maximum atomic E-state index is 12.0. The lowest BCUT2D eigenvalue weighted by molar-refractivity contribution is 0.568. The fraction of sp³-hybridized carbons (Fsp3) is 0.625. The molecular formula is C16H27NO2S. The molecule has 1 aromatic carbocycles. The van der Waals surface area contributed by atoms with Gasteiger partial charge < -0.3 is 5.73 Å². The maximum absolute atomic E-state index is 12.0. The molecule has 20 heavy (non-hydrogen) atoms. The van der Waals surface area contributed by atoms with Crippen molar-refractivity contribution < 1.29 is 8.42 Å². The Morgan fingerprint density at radius 1 is 1.00 bits per heavy atom. The summed E-state index contributed by atoms with van der Waals surface area (Å²) in [6.45, 7) is 8.32. The highest BCUT2D eigenvalue weighted by molar-refractivity contribution is 7.91. The van der Waals surface area contributed by atoms with Gasteiger partial charge >= 0.3 is 0 Å². The van der Waals surface area contributed by atoms with E-state index in [1.807, 2.05) is 38.1 Å². The van der Waals surface area contributed by atoms with Crippen molar-refractivity contribution in [2.24, 2.45) is 11.7 Å². The Bertz CT molecular complexity index is 504. The Balaban J connectivity index is 2.68. The summed E-state index contributed by atoms with van der Waals surface area (Å²) in [5, 5.41) is 0. The molecular weight excluding hydrogens is 270 g/mol. The van der Waals surface area contributed by atoms with E-state index in [2.05, 4.69) is 13.8 Å². The second kappa shape index (κ2) is 7.23. The minimum atomic E-state index is -3.08. The quantitative estimate of drug-likeness (QED) is 0.840. The van der Waals surface area contributed by atoms with Crippen molar-refractivity contribution in [1.29, 1.82) is 0 Å². The van der Waals surface area contributed by atoms with Gasteiger partial charge in [-0.15, -0.1) is 0 Å². The highest BCUT2D eigenvalue weighted by Crippen LogP contribution is 2.19. The van der Waals surface area contributed by atoms with Crippen molar-refractivity contribution in [3.8, 4) is 0 Å². The van der Waals surface area contributed by atoms with Crippen LogP contribution in [0.1, 0.15) is 57.2 Å². The van der Waals surface area contributed by atoms with Crippen LogP contribution in [0, 0.1) is 5.92 Å². The average molecular weight is 297 g/mol. The highest BCUT2D eigenvalue weighted by atomic mass is 32.2. The van der Waals surface area contributed by atoms with Crippen molar-refractivity contribution in [2.75, 3.05) is 11.5 Å². The van der Waals surface area contributed by atoms with E-state index in [1.165, 1.54) is 5.56 Å². The summed E-state index contributed by atoms with van der Waals surface area (Å²) >= 11 is 0. The van der Waals surface area contributed by atoms with Gasteiger partial charge in [-0.25, -0.2) is 8.42 Å². The van der Waals surface area contributed by atoms with Crippen molar-refractivity contribution in [3.05, 3.63) is 35.4 Å². The Hall–Kier alpha value is -0.870. The monoisotopic (exact) mass is 297 g/mol. The van der Waals surface area contributed by atoms with Gasteiger partial charge in [-0.3, -0.25) is 0 Å². The zero-order valence-corrected chi connectivity index (χ0v) is 13.8. The molecule has 0 saturated carbocycles. The van der Waals surface area contributed by atoms with Crippen molar-refractivity contribution >= 4 is 9.84 Å². The topological polar surface area (TPSA) is 60.2 Å². The summed E-state index contributed by atoms with van der Waals surface area (Å²) < 4.78 is 24.0. The second-order valence-corrected chi connectivity index (χ2v) is 8.45. The number of nitrogens with two attached hydrogens (primary N) is 1. The number of sulfone groups is 1. The van der Waals surface area contributed by atoms with E-state index in [4.69, 9.17) is 5.73 Å². The smallest absolute Gasteiger partial charge is 0.152 e. The molecule has 0 bridgehead atoms. The molecule has 0 saturated heterocycles. The lowest BCUT2D eigenvalue weighted by Gasteiger charge is -2.14. The molecule has 1 unspecified atom stereocenters. The van der Waals surface area contributed by atoms with Gasteiger partial charge in [0.25, 0.3) is 0 Å². The number of benzene rings is 1. The predicted molar refractivity (Wildman–Crippen MR) is 85.6 cm³/mol. The molecule has 2 N–H and O–H groups in total. The molecule has 0 aliphatic heterocycles. The molecule has 1 aromatic rings. The van der Waals surface area contributed by atoms with E-state index in [0.717, 1.165) is 5.56 Å². The third kappa shape index (κ3) is 5.63. The van der Waals surface area contributed by atoms with Crippen LogP contribution >= 0.6 is 0 Å². The van der Waals surface area contributed by atoms with Crippen LogP contribution < -0.4 is 5.73 Å². The zero-order valence-electron chi connectivity index (χ0n) is 13.0. The van der Waals surface area contributed by atoms with Crippen LogP contribution in [-0.4, -0.2) is 19.9 Å². The van der Waals surface area contributed by atoms with Crippen molar-refractivity contribution in [2.45, 2.75) is 46.1 Å². The first-order chi connectivity index (χ1) is 9.21. The fourth-order valence-electron chi connectivity index (χ4n) is 2.00. The first-order valence-electron chi connectivity index (χ1n) is 7.27. The standard InChI is InChI=1S/C16H27NO2S/c1-12(2)9-10-20(18,19)11-16(17)15-7-5-14(6-8-15)13(3)4/h5-8,12-13,16H,9-11,17H2,1-4H3. The Labute approximate surface area is 123 Å². The van der Waals surface area contributed by atoms with Crippen LogP contribution in [-0.2, 0) is 9.84 Å². The van der Waals surface area contributed by atoms with E-state index in [9.17, 15) is 8.42 Å². The number of hydrogen-bond acceptors (Lipinski definition) is 3. The predicted octanol–water partition coefficient (Wildman–Crippen LogP) is 3.27. The maximum Gasteiger partial charge on any atom is 0.152 e. The van der Waals surface area contributed by atoms with Gasteiger partial charge in [0.15, 0.2) is 9.84 Å². The van der Waals surface area contributed by atoms with Crippen LogP contribution in [0.2, 0.25) is 0 Å². The van der Waals surface area contributed by atoms with Crippen LogP contribution in [0.3, 0.4) is 0 Å². The lowest BCUT2D eigenvalue weighted by atomic mass is 10.00. The Morgan fingerprint density at radius 2 is 1.50 bits per heavy atom. The summed E-state index contributed by atoms with van der Waals surface area (Å²) in [5.74, 6) is 1.12. The van der Waals surface area contributed by atoms with E-state index in [-0.39, 0.29) is 11.5 Å². The highest BCUT2D eigenvalue weighted by Gasteiger charge is 2.18. The van der Waals surface area contributed by atoms with Crippen LogP contribution in [0.15, 0.2) is 24.3 Å². The summed E-state index contributed by atoms with van der Waals surface area (Å²) in [4.78, 5) is 0. The molecule has 1 atom stereocenters. The van der Waals surface area contributed by atoms with E-state index in [0.29, 0.717) is 18.3 Å². The molecule has 1 rings (SSSR count). The lowest BCUT2D eigenvalue weighted by Crippen LogP contribution is -2.24. The van der Waals surface area contributed by atoms with Gasteiger partial charge in [0.05, 0.1) is 11.5 Å². The Kier molecular flexibility index (Phi) is 6.21. The first-order valence-corrected chi connectivity index (χ1v) is 9.09. The molecule has 0 fully saturated rings. The number of rotatable bonds is 7. The van der Waals surface area contributed by atoms with E-state index >= 15 is 0 Å². The zero-order chi connectivity index (χ0) is 15.3. The Morgan fingerprint density at radius 3 is 1.95 bits per heavy atom. The van der Waals surface area contributed by atoms with Gasteiger partial charge in [0.2, 0.25) is 0 Å². The van der Waals surface area contributed by atoms with Gasteiger partial charge in [-0.2, -0.15) is 0 Å². The summed E-state index contributed by atoms with van der Waals surface area (Å²) in [5.41, 5.74) is 8.17. The van der Waals surface area contributed by atoms with E-state index in [1.54, 1.807) is 0 Å². The molecule has 0 radical (unpaired) electrons. The molecule has 0 heterocycles. The largest absolute Gasteiger partial charge is 0.323 e. The first kappa shape index (κ1) is 17.2. The van der Waals surface area contributed by atoms with Crippen LogP contribution in [0.4, 0.5) is 0 Å².